The molecule has 3 aliphatic carbocycles. The number of hydrogen-bond donors (Lipinski definition) is 3. The second kappa shape index (κ2) is 17.3. The van der Waals surface area contributed by atoms with Gasteiger partial charge < -0.3 is 29.7 Å². The molecule has 1 aromatic carbocycles. The minimum absolute atomic E-state index is 0. The van der Waals surface area contributed by atoms with E-state index in [2.05, 4.69) is 20.6 Å². The molecule has 0 radical (unpaired) electrons. The molecule has 2 aromatic rings. The summed E-state index contributed by atoms with van der Waals surface area (Å²) in [4.78, 5) is 66.3. The van der Waals surface area contributed by atoms with Gasteiger partial charge >= 0.3 is 57.5 Å². The van der Waals surface area contributed by atoms with Gasteiger partial charge in [0.1, 0.15) is 35.6 Å². The molecule has 8 atom stereocenters. The van der Waals surface area contributed by atoms with Crippen LogP contribution in [0.5, 0.6) is 11.6 Å². The van der Waals surface area contributed by atoms with E-state index in [4.69, 9.17) is 14.2 Å². The Labute approximate surface area is 394 Å². The molecule has 0 unspecified atom stereocenters. The molecule has 7 rings (SSSR count). The van der Waals surface area contributed by atoms with Gasteiger partial charge in [0.2, 0.25) is 34.1 Å². The Hall–Kier alpha value is -2.85. The number of nitrogens with one attached hydrogen (secondary N) is 3. The molecule has 2 bridgehead atoms. The van der Waals surface area contributed by atoms with E-state index in [9.17, 15) is 36.4 Å². The van der Waals surface area contributed by atoms with Crippen molar-refractivity contribution >= 4 is 96.3 Å². The molecule has 332 valence electrons. The maximum absolute atomic E-state index is 16.3. The van der Waals surface area contributed by atoms with E-state index in [1.807, 2.05) is 4.72 Å². The topological polar surface area (TPSA) is 195 Å². The van der Waals surface area contributed by atoms with Gasteiger partial charge in [0.15, 0.2) is 5.69 Å². The number of methoxy groups -OCH3 is 1. The third-order valence-corrected chi connectivity index (χ3v) is 14.9. The number of alkyl carbamates (subject to hydrolysis) is 1. The number of carbonyl (C=O) groups excluding carboxylic acids is 4. The van der Waals surface area contributed by atoms with Crippen molar-refractivity contribution in [2.75, 3.05) is 13.7 Å². The van der Waals surface area contributed by atoms with Crippen LogP contribution in [0.4, 0.5) is 22.4 Å². The summed E-state index contributed by atoms with van der Waals surface area (Å²) < 4.78 is 105. The number of carbonyl (C=O) groups is 4. The number of hydrogen-bond acceptors (Lipinski definition) is 11. The molecule has 15 nitrogen and oxygen atoms in total. The van der Waals surface area contributed by atoms with E-state index in [1.54, 1.807) is 33.8 Å². The van der Waals surface area contributed by atoms with Crippen molar-refractivity contribution in [3.63, 3.8) is 0 Å². The molecular formula is C40H53F4KN6O9S. The van der Waals surface area contributed by atoms with Crippen LogP contribution < -0.4 is 24.8 Å². The standard InChI is InChI=1S/C40H52F4N6O9S.K.H/c1-7-22-27-19-50(28(22)32(51)48-39(18-23(39)31(41)42)35(53)49-60(55,56)38(5)14-15-38)34(52)30(37(2,3)4)47-36(54)59-26-16-20(26)10-8-9-13-40(43,44)29-33(58-27)46-25-17-21(57-6)11-12-24(25)45-29;;/h11-12,17,20,22-23,26-28,30-31H,7-10,13-16,18-19H2,1-6H3,(H,47,54)(H,48,51)(H,49,53);;/t20-,22-,23+,26-,27+,28+,30-,39-;;/m1../s1. The van der Waals surface area contributed by atoms with Gasteiger partial charge in [-0.15, -0.1) is 0 Å². The van der Waals surface area contributed by atoms with Gasteiger partial charge in [0, 0.05) is 18.4 Å². The summed E-state index contributed by atoms with van der Waals surface area (Å²) in [5.74, 6) is -9.85. The van der Waals surface area contributed by atoms with Gasteiger partial charge in [-0.2, -0.15) is 8.78 Å². The fraction of sp³-hybridized carbons (Fsp3) is 0.700. The molecule has 2 aliphatic heterocycles. The summed E-state index contributed by atoms with van der Waals surface area (Å²) in [6.45, 7) is 7.62. The van der Waals surface area contributed by atoms with Crippen molar-refractivity contribution in [1.29, 1.82) is 0 Å². The number of rotatable bonds is 8. The van der Waals surface area contributed by atoms with Crippen molar-refractivity contribution in [2.24, 2.45) is 23.2 Å². The van der Waals surface area contributed by atoms with Crippen LogP contribution in [0.1, 0.15) is 98.1 Å². The van der Waals surface area contributed by atoms with Gasteiger partial charge in [-0.25, -0.2) is 32.0 Å². The van der Waals surface area contributed by atoms with E-state index in [0.717, 1.165) is 4.90 Å². The van der Waals surface area contributed by atoms with E-state index in [1.165, 1.54) is 26.2 Å². The third-order valence-electron chi connectivity index (χ3n) is 12.8. The zero-order valence-corrected chi connectivity index (χ0v) is 35.2. The van der Waals surface area contributed by atoms with Gasteiger partial charge in [-0.3, -0.25) is 19.1 Å². The molecule has 4 amide bonds. The predicted octanol–water partition coefficient (Wildman–Crippen LogP) is 4.31. The Morgan fingerprint density at radius 1 is 1.07 bits per heavy atom. The zero-order valence-electron chi connectivity index (χ0n) is 34.4. The Morgan fingerprint density at radius 3 is 2.38 bits per heavy atom. The van der Waals surface area contributed by atoms with Gasteiger partial charge in [0.05, 0.1) is 35.4 Å². The average Bonchev–Trinajstić information content (AvgIpc) is 4.12. The van der Waals surface area contributed by atoms with Crippen LogP contribution in [0.2, 0.25) is 0 Å². The second-order valence-electron chi connectivity index (χ2n) is 18.2. The van der Waals surface area contributed by atoms with E-state index < -0.39 is 129 Å². The summed E-state index contributed by atoms with van der Waals surface area (Å²) in [7, 11) is -2.89. The number of benzene rings is 1. The number of ether oxygens (including phenoxy) is 3. The van der Waals surface area contributed by atoms with E-state index in [0.29, 0.717) is 25.0 Å². The third kappa shape index (κ3) is 9.52. The van der Waals surface area contributed by atoms with Crippen molar-refractivity contribution in [3.05, 3.63) is 23.9 Å². The average molecular weight is 909 g/mol. The van der Waals surface area contributed by atoms with Crippen LogP contribution in [0.3, 0.4) is 0 Å². The number of nitrogens with zero attached hydrogens (tertiary/aromatic N) is 3. The summed E-state index contributed by atoms with van der Waals surface area (Å²) in [6.07, 6.45) is -4.91. The number of alkyl halides is 4. The van der Waals surface area contributed by atoms with Crippen molar-refractivity contribution in [3.8, 4) is 11.6 Å². The van der Waals surface area contributed by atoms with Crippen LogP contribution in [0, 0.1) is 23.2 Å². The second-order valence-corrected chi connectivity index (χ2v) is 20.4. The van der Waals surface area contributed by atoms with Crippen molar-refractivity contribution in [2.45, 2.75) is 139 Å². The van der Waals surface area contributed by atoms with Gasteiger partial charge in [0.25, 0.3) is 11.8 Å². The fourth-order valence-corrected chi connectivity index (χ4v) is 9.74. The number of aromatic nitrogens is 2. The van der Waals surface area contributed by atoms with Crippen LogP contribution in [-0.4, -0.2) is 153 Å². The quantitative estimate of drug-likeness (QED) is 0.253. The van der Waals surface area contributed by atoms with Gasteiger partial charge in [-0.1, -0.05) is 34.1 Å². The Morgan fingerprint density at radius 2 is 1.77 bits per heavy atom. The fourth-order valence-electron chi connectivity index (χ4n) is 8.43. The summed E-state index contributed by atoms with van der Waals surface area (Å²) >= 11 is 0. The molecule has 5 aliphatic rings. The molecule has 21 heteroatoms. The number of sulfonamides is 1. The normalized spacial score (nSPS) is 30.8. The molecular weight excluding hydrogens is 856 g/mol. The molecule has 1 saturated heterocycles. The number of fused-ring (bicyclic) bond motifs is 5. The predicted molar refractivity (Wildman–Crippen MR) is 214 cm³/mol. The SMILES string of the molecule is CC[C@@H]1[C@@H]2CN(C(=O)[C@H](C(C)(C)C)NC(=O)O[C@@H]3C[C@H]3CCCCC(F)(F)c3nc4ccc(OC)cc4nc3O2)[C@@H]1C(=O)N[C@]1(C(=O)NS(=O)(=O)C2(C)CC2)C[C@H]1C(F)F.[KH]. The first-order chi connectivity index (χ1) is 28.0. The zero-order chi connectivity index (χ0) is 43.7. The van der Waals surface area contributed by atoms with Gasteiger partial charge in [-0.05, 0) is 75.3 Å². The molecule has 3 N–H and O–H groups in total. The molecule has 0 spiro atoms. The van der Waals surface area contributed by atoms with Crippen LogP contribution >= 0.6 is 0 Å². The molecule has 61 heavy (non-hydrogen) atoms. The molecule has 3 heterocycles. The Balaban J connectivity index is 0.00000622. The maximum atomic E-state index is 16.3. The van der Waals surface area contributed by atoms with Crippen molar-refractivity contribution < 1.29 is 59.4 Å². The first-order valence-corrected chi connectivity index (χ1v) is 21.9. The first-order valence-electron chi connectivity index (χ1n) is 20.4. The van der Waals surface area contributed by atoms with Crippen LogP contribution in [-0.2, 0) is 35.1 Å². The Bertz CT molecular complexity index is 2180. The van der Waals surface area contributed by atoms with Crippen LogP contribution in [0.25, 0.3) is 11.0 Å². The summed E-state index contributed by atoms with van der Waals surface area (Å²) in [6, 6.07) is 1.59. The monoisotopic (exact) mass is 908 g/mol. The van der Waals surface area contributed by atoms with Crippen molar-refractivity contribution in [1.82, 2.24) is 30.2 Å². The van der Waals surface area contributed by atoms with Crippen LogP contribution in [0.15, 0.2) is 18.2 Å². The van der Waals surface area contributed by atoms with E-state index >= 15 is 8.78 Å². The first kappa shape index (κ1) is 47.6. The number of halogens is 4. The molecule has 1 aromatic heterocycles. The number of amides is 4. The molecule has 3 saturated carbocycles. The van der Waals surface area contributed by atoms with E-state index in [-0.39, 0.29) is 94.0 Å². The minimum atomic E-state index is -4.31. The molecule has 4 fully saturated rings. The summed E-state index contributed by atoms with van der Waals surface area (Å²) in [5.41, 5.74) is -3.83. The summed E-state index contributed by atoms with van der Waals surface area (Å²) in [5, 5.41) is 5.06. The Kier molecular flexibility index (Phi) is 13.5.